The molecule has 1 amide bonds. The summed E-state index contributed by atoms with van der Waals surface area (Å²) < 4.78 is 1.84. The average molecular weight is 352 g/mol. The molecule has 0 aliphatic carbocycles. The predicted octanol–water partition coefficient (Wildman–Crippen LogP) is 5.63. The first-order valence-corrected chi connectivity index (χ1v) is 9.37. The highest BCUT2D eigenvalue weighted by atomic mass is 32.1. The van der Waals surface area contributed by atoms with Gasteiger partial charge in [-0.2, -0.15) is 0 Å². The van der Waals surface area contributed by atoms with Crippen LogP contribution < -0.4 is 0 Å². The largest absolute Gasteiger partial charge is 0.330 e. The molecule has 0 atom stereocenters. The Labute approximate surface area is 148 Å². The molecule has 0 spiro atoms. The van der Waals surface area contributed by atoms with Crippen LogP contribution in [0.1, 0.15) is 0 Å². The summed E-state index contributed by atoms with van der Waals surface area (Å²) in [5, 5.41) is 5.24. The van der Waals surface area contributed by atoms with Gasteiger partial charge in [0.25, 0.3) is 0 Å². The van der Waals surface area contributed by atoms with E-state index in [0.29, 0.717) is 0 Å². The van der Waals surface area contributed by atoms with Gasteiger partial charge in [0.15, 0.2) is 0 Å². The van der Waals surface area contributed by atoms with Crippen LogP contribution >= 0.6 is 22.7 Å². The van der Waals surface area contributed by atoms with Crippen LogP contribution in [0.2, 0.25) is 0 Å². The minimum Gasteiger partial charge on any atom is -0.330 e. The van der Waals surface area contributed by atoms with Crippen LogP contribution in [0, 0.1) is 0 Å². The summed E-state index contributed by atoms with van der Waals surface area (Å²) in [6.45, 7) is 0. The van der Waals surface area contributed by atoms with Crippen LogP contribution in [0.4, 0.5) is 4.79 Å². The van der Waals surface area contributed by atoms with Gasteiger partial charge in [-0.3, -0.25) is 4.57 Å². The monoisotopic (exact) mass is 352 g/mol. The van der Waals surface area contributed by atoms with Gasteiger partial charge in [0, 0.05) is 29.9 Å². The maximum Gasteiger partial charge on any atom is 0.328 e. The van der Waals surface area contributed by atoms with E-state index < -0.39 is 0 Å². The fourth-order valence-corrected chi connectivity index (χ4v) is 4.51. The molecule has 0 aliphatic rings. The Balaban J connectivity index is 2.17. The number of carbonyl (C=O) groups excluding carboxylic acids is 1. The Morgan fingerprint density at radius 2 is 1.58 bits per heavy atom. The van der Waals surface area contributed by atoms with Gasteiger partial charge < -0.3 is 4.90 Å². The average Bonchev–Trinajstić information content (AvgIpc) is 3.32. The van der Waals surface area contributed by atoms with Gasteiger partial charge in [-0.05, 0) is 29.0 Å². The first-order valence-electron chi connectivity index (χ1n) is 7.61. The molecule has 4 aromatic rings. The second kappa shape index (κ2) is 5.92. The van der Waals surface area contributed by atoms with Crippen LogP contribution in [0.25, 0.3) is 31.9 Å². The molecule has 0 fully saturated rings. The molecule has 3 aromatic heterocycles. The van der Waals surface area contributed by atoms with E-state index in [1.807, 2.05) is 28.8 Å². The Morgan fingerprint density at radius 3 is 2.21 bits per heavy atom. The van der Waals surface area contributed by atoms with Crippen LogP contribution in [-0.2, 0) is 0 Å². The number of para-hydroxylation sites is 1. The summed E-state index contributed by atoms with van der Waals surface area (Å²) >= 11 is 3.36. The Kier molecular flexibility index (Phi) is 3.75. The summed E-state index contributed by atoms with van der Waals surface area (Å²) in [5.74, 6) is 0. The number of nitrogens with zero attached hydrogens (tertiary/aromatic N) is 2. The zero-order chi connectivity index (χ0) is 16.7. The first-order chi connectivity index (χ1) is 11.7. The smallest absolute Gasteiger partial charge is 0.328 e. The van der Waals surface area contributed by atoms with Crippen molar-refractivity contribution in [2.45, 2.75) is 0 Å². The van der Waals surface area contributed by atoms with Crippen molar-refractivity contribution in [1.82, 2.24) is 9.47 Å². The second-order valence-electron chi connectivity index (χ2n) is 5.71. The lowest BCUT2D eigenvalue weighted by molar-refractivity contribution is 0.220. The lowest BCUT2D eigenvalue weighted by Gasteiger charge is -2.15. The van der Waals surface area contributed by atoms with Gasteiger partial charge in [0.05, 0.1) is 16.1 Å². The van der Waals surface area contributed by atoms with Gasteiger partial charge >= 0.3 is 6.03 Å². The quantitative estimate of drug-likeness (QED) is 0.459. The third kappa shape index (κ3) is 2.28. The van der Waals surface area contributed by atoms with Gasteiger partial charge in [0.1, 0.15) is 0 Å². The maximum absolute atomic E-state index is 13.0. The normalized spacial score (nSPS) is 11.1. The van der Waals surface area contributed by atoms with Crippen LogP contribution in [0.5, 0.6) is 0 Å². The number of benzene rings is 1. The van der Waals surface area contributed by atoms with E-state index in [1.54, 1.807) is 41.7 Å². The van der Waals surface area contributed by atoms with E-state index in [2.05, 4.69) is 35.0 Å². The number of carbonyl (C=O) groups is 1. The van der Waals surface area contributed by atoms with E-state index >= 15 is 0 Å². The highest BCUT2D eigenvalue weighted by Gasteiger charge is 2.25. The number of fused-ring (bicyclic) bond motifs is 1. The molecule has 0 saturated carbocycles. The predicted molar refractivity (Wildman–Crippen MR) is 103 cm³/mol. The molecular formula is C19H16N2OS2. The van der Waals surface area contributed by atoms with E-state index in [4.69, 9.17) is 0 Å². The van der Waals surface area contributed by atoms with E-state index in [9.17, 15) is 4.79 Å². The number of thiophene rings is 2. The molecule has 5 heteroatoms. The minimum atomic E-state index is -0.0302. The van der Waals surface area contributed by atoms with E-state index in [1.165, 1.54) is 4.88 Å². The van der Waals surface area contributed by atoms with Crippen LogP contribution in [-0.4, -0.2) is 29.6 Å². The number of aromatic nitrogens is 1. The van der Waals surface area contributed by atoms with Gasteiger partial charge in [0.2, 0.25) is 0 Å². The molecule has 0 N–H and O–H groups in total. The van der Waals surface area contributed by atoms with Crippen molar-refractivity contribution in [3.05, 3.63) is 59.3 Å². The van der Waals surface area contributed by atoms with Crippen molar-refractivity contribution in [2.24, 2.45) is 0 Å². The van der Waals surface area contributed by atoms with Gasteiger partial charge in [-0.25, -0.2) is 4.79 Å². The molecular weight excluding hydrogens is 336 g/mol. The highest BCUT2D eigenvalue weighted by molar-refractivity contribution is 7.14. The Morgan fingerprint density at radius 1 is 0.917 bits per heavy atom. The molecule has 3 heterocycles. The third-order valence-electron chi connectivity index (χ3n) is 3.97. The summed E-state index contributed by atoms with van der Waals surface area (Å²) in [7, 11) is 3.58. The molecule has 3 nitrogen and oxygen atoms in total. The van der Waals surface area contributed by atoms with Gasteiger partial charge in [-0.1, -0.05) is 30.3 Å². The fourth-order valence-electron chi connectivity index (χ4n) is 2.96. The van der Waals surface area contributed by atoms with E-state index in [0.717, 1.165) is 27.0 Å². The van der Waals surface area contributed by atoms with Crippen molar-refractivity contribution < 1.29 is 4.79 Å². The molecule has 0 aliphatic heterocycles. The molecule has 0 saturated heterocycles. The van der Waals surface area contributed by atoms with Crippen LogP contribution in [0.15, 0.2) is 59.3 Å². The SMILES string of the molecule is CN(C)C(=O)n1c(-c2cccs2)c(-c2cccs2)c2ccccc21. The standard InChI is InChI=1S/C19H16N2OS2/c1-20(2)19(22)21-14-8-4-3-7-13(14)17(15-9-5-11-23-15)18(21)16-10-6-12-24-16/h3-12H,1-2H3. The van der Waals surface area contributed by atoms with E-state index in [-0.39, 0.29) is 6.03 Å². The van der Waals surface area contributed by atoms with Crippen molar-refractivity contribution in [3.63, 3.8) is 0 Å². The van der Waals surface area contributed by atoms with Crippen molar-refractivity contribution in [3.8, 4) is 21.0 Å². The molecule has 0 unspecified atom stereocenters. The molecule has 4 rings (SSSR count). The topological polar surface area (TPSA) is 25.2 Å². The Bertz CT molecular complexity index is 996. The lowest BCUT2D eigenvalue weighted by atomic mass is 10.1. The zero-order valence-corrected chi connectivity index (χ0v) is 15.0. The molecule has 120 valence electrons. The maximum atomic E-state index is 13.0. The minimum absolute atomic E-state index is 0.0302. The fraction of sp³-hybridized carbons (Fsp3) is 0.105. The summed E-state index contributed by atoms with van der Waals surface area (Å²) in [6.07, 6.45) is 0. The van der Waals surface area contributed by atoms with Gasteiger partial charge in [-0.15, -0.1) is 22.7 Å². The number of hydrogen-bond donors (Lipinski definition) is 0. The summed E-state index contributed by atoms with van der Waals surface area (Å²) in [4.78, 5) is 16.9. The number of rotatable bonds is 2. The Hall–Kier alpha value is -2.37. The zero-order valence-electron chi connectivity index (χ0n) is 13.4. The lowest BCUT2D eigenvalue weighted by Crippen LogP contribution is -2.27. The van der Waals surface area contributed by atoms with Crippen LogP contribution in [0.3, 0.4) is 0 Å². The molecule has 0 radical (unpaired) electrons. The number of hydrogen-bond acceptors (Lipinski definition) is 3. The second-order valence-corrected chi connectivity index (χ2v) is 7.60. The molecule has 0 bridgehead atoms. The third-order valence-corrected chi connectivity index (χ3v) is 5.73. The van der Waals surface area contributed by atoms with Crippen molar-refractivity contribution in [1.29, 1.82) is 0 Å². The first kappa shape index (κ1) is 15.2. The summed E-state index contributed by atoms with van der Waals surface area (Å²) in [6, 6.07) is 16.4. The highest BCUT2D eigenvalue weighted by Crippen LogP contribution is 2.43. The van der Waals surface area contributed by atoms with Crippen molar-refractivity contribution >= 4 is 39.6 Å². The molecule has 24 heavy (non-hydrogen) atoms. The van der Waals surface area contributed by atoms with Crippen molar-refractivity contribution in [2.75, 3.05) is 14.1 Å². The summed E-state index contributed by atoms with van der Waals surface area (Å²) in [5.41, 5.74) is 3.06. The number of amides is 1. The molecule has 1 aromatic carbocycles.